The molecule has 0 aromatic heterocycles. The molecule has 0 spiro atoms. The molecule has 0 radical (unpaired) electrons. The van der Waals surface area contributed by atoms with E-state index < -0.39 is 0 Å². The van der Waals surface area contributed by atoms with Crippen LogP contribution in [0, 0.1) is 6.92 Å². The van der Waals surface area contributed by atoms with E-state index in [9.17, 15) is 0 Å². The van der Waals surface area contributed by atoms with Crippen LogP contribution in [0.1, 0.15) is 41.2 Å². The van der Waals surface area contributed by atoms with Crippen molar-refractivity contribution in [1.82, 2.24) is 0 Å². The second-order valence-electron chi connectivity index (χ2n) is 5.89. The van der Waals surface area contributed by atoms with Gasteiger partial charge in [0, 0.05) is 6.54 Å². The van der Waals surface area contributed by atoms with Crippen molar-refractivity contribution >= 4 is 0 Å². The maximum Gasteiger partial charge on any atom is 0.136 e. The molecule has 0 bridgehead atoms. The van der Waals surface area contributed by atoms with Gasteiger partial charge < -0.3 is 10.5 Å². The first kappa shape index (κ1) is 14.2. The van der Waals surface area contributed by atoms with E-state index in [1.165, 1.54) is 42.4 Å². The molecule has 0 saturated heterocycles. The molecule has 2 nitrogen and oxygen atoms in total. The van der Waals surface area contributed by atoms with Crippen LogP contribution in [0.2, 0.25) is 0 Å². The molecule has 0 heterocycles. The van der Waals surface area contributed by atoms with Crippen molar-refractivity contribution in [3.8, 4) is 5.75 Å². The average Bonchev–Trinajstić information content (AvgIpc) is 2.53. The molecule has 0 aliphatic heterocycles. The number of hydrogen-bond acceptors (Lipinski definition) is 2. The van der Waals surface area contributed by atoms with Gasteiger partial charge in [-0.25, -0.2) is 0 Å². The van der Waals surface area contributed by atoms with Crippen molar-refractivity contribution in [2.24, 2.45) is 5.73 Å². The first-order chi connectivity index (χ1) is 10.3. The van der Waals surface area contributed by atoms with Gasteiger partial charge in [0.25, 0.3) is 0 Å². The minimum absolute atomic E-state index is 0.0766. The lowest BCUT2D eigenvalue weighted by molar-refractivity contribution is 0.214. The minimum atomic E-state index is -0.0766. The summed E-state index contributed by atoms with van der Waals surface area (Å²) >= 11 is 0. The van der Waals surface area contributed by atoms with Crippen LogP contribution < -0.4 is 10.5 Å². The highest BCUT2D eigenvalue weighted by atomic mass is 16.5. The summed E-state index contributed by atoms with van der Waals surface area (Å²) in [6.45, 7) is 2.58. The summed E-state index contributed by atoms with van der Waals surface area (Å²) < 4.78 is 6.13. The SMILES string of the molecule is Cc1ccc(C(CN)Oc2ccc3c(c2)CCCC3)cc1. The second-order valence-corrected chi connectivity index (χ2v) is 5.89. The van der Waals surface area contributed by atoms with Crippen molar-refractivity contribution in [2.75, 3.05) is 6.54 Å². The molecule has 1 atom stereocenters. The Kier molecular flexibility index (Phi) is 4.26. The van der Waals surface area contributed by atoms with Gasteiger partial charge in [-0.2, -0.15) is 0 Å². The fourth-order valence-corrected chi connectivity index (χ4v) is 2.98. The fraction of sp³-hybridized carbons (Fsp3) is 0.368. The first-order valence-electron chi connectivity index (χ1n) is 7.81. The van der Waals surface area contributed by atoms with Gasteiger partial charge in [0.15, 0.2) is 0 Å². The van der Waals surface area contributed by atoms with Crippen molar-refractivity contribution in [1.29, 1.82) is 0 Å². The molecule has 1 unspecified atom stereocenters. The predicted molar refractivity (Wildman–Crippen MR) is 86.7 cm³/mol. The van der Waals surface area contributed by atoms with Crippen LogP contribution in [0.25, 0.3) is 0 Å². The molecular weight excluding hydrogens is 258 g/mol. The largest absolute Gasteiger partial charge is 0.484 e. The lowest BCUT2D eigenvalue weighted by Crippen LogP contribution is -2.18. The van der Waals surface area contributed by atoms with Crippen LogP contribution in [0.15, 0.2) is 42.5 Å². The fourth-order valence-electron chi connectivity index (χ4n) is 2.98. The summed E-state index contributed by atoms with van der Waals surface area (Å²) in [6, 6.07) is 14.9. The minimum Gasteiger partial charge on any atom is -0.484 e. The number of ether oxygens (including phenoxy) is 1. The molecule has 0 saturated carbocycles. The number of benzene rings is 2. The standard InChI is InChI=1S/C19H23NO/c1-14-6-8-16(9-7-14)19(13-20)21-18-11-10-15-4-2-3-5-17(15)12-18/h6-12,19H,2-5,13,20H2,1H3. The van der Waals surface area contributed by atoms with E-state index in [2.05, 4.69) is 49.4 Å². The third-order valence-corrected chi connectivity index (χ3v) is 4.26. The van der Waals surface area contributed by atoms with Crippen LogP contribution in [-0.4, -0.2) is 6.54 Å². The van der Waals surface area contributed by atoms with E-state index in [0.717, 1.165) is 11.3 Å². The molecule has 2 heteroatoms. The zero-order valence-corrected chi connectivity index (χ0v) is 12.6. The monoisotopic (exact) mass is 281 g/mol. The average molecular weight is 281 g/mol. The number of aryl methyl sites for hydroxylation is 3. The normalized spacial score (nSPS) is 15.3. The molecule has 2 aromatic rings. The molecule has 2 N–H and O–H groups in total. The molecule has 0 amide bonds. The summed E-state index contributed by atoms with van der Waals surface area (Å²) in [5.41, 5.74) is 11.2. The Bertz CT molecular complexity index is 603. The highest BCUT2D eigenvalue weighted by molar-refractivity contribution is 5.37. The molecule has 21 heavy (non-hydrogen) atoms. The van der Waals surface area contributed by atoms with E-state index in [-0.39, 0.29) is 6.10 Å². The van der Waals surface area contributed by atoms with Gasteiger partial charge in [-0.1, -0.05) is 35.9 Å². The third kappa shape index (κ3) is 3.27. The second kappa shape index (κ2) is 6.31. The predicted octanol–water partition coefficient (Wildman–Crippen LogP) is 3.95. The zero-order chi connectivity index (χ0) is 14.7. The van der Waals surface area contributed by atoms with Gasteiger partial charge in [0.2, 0.25) is 0 Å². The molecule has 110 valence electrons. The first-order valence-corrected chi connectivity index (χ1v) is 7.81. The van der Waals surface area contributed by atoms with Crippen molar-refractivity contribution < 1.29 is 4.74 Å². The van der Waals surface area contributed by atoms with E-state index >= 15 is 0 Å². The van der Waals surface area contributed by atoms with Crippen LogP contribution >= 0.6 is 0 Å². The lowest BCUT2D eigenvalue weighted by Gasteiger charge is -2.21. The van der Waals surface area contributed by atoms with Gasteiger partial charge in [-0.3, -0.25) is 0 Å². The third-order valence-electron chi connectivity index (χ3n) is 4.26. The Morgan fingerprint density at radius 3 is 2.43 bits per heavy atom. The Morgan fingerprint density at radius 1 is 1.00 bits per heavy atom. The highest BCUT2D eigenvalue weighted by Crippen LogP contribution is 2.28. The van der Waals surface area contributed by atoms with E-state index in [4.69, 9.17) is 10.5 Å². The van der Waals surface area contributed by atoms with Gasteiger partial charge in [0.1, 0.15) is 11.9 Å². The summed E-state index contributed by atoms with van der Waals surface area (Å²) in [5, 5.41) is 0. The molecule has 1 aliphatic rings. The molecule has 1 aliphatic carbocycles. The van der Waals surface area contributed by atoms with Crippen LogP contribution in [-0.2, 0) is 12.8 Å². The quantitative estimate of drug-likeness (QED) is 0.921. The topological polar surface area (TPSA) is 35.2 Å². The van der Waals surface area contributed by atoms with Gasteiger partial charge >= 0.3 is 0 Å². The van der Waals surface area contributed by atoms with Crippen molar-refractivity contribution in [3.63, 3.8) is 0 Å². The van der Waals surface area contributed by atoms with Crippen LogP contribution in [0.4, 0.5) is 0 Å². The van der Waals surface area contributed by atoms with E-state index in [0.29, 0.717) is 6.54 Å². The Hall–Kier alpha value is -1.80. The maximum absolute atomic E-state index is 6.13. The summed E-state index contributed by atoms with van der Waals surface area (Å²) in [5.74, 6) is 0.937. The summed E-state index contributed by atoms with van der Waals surface area (Å²) in [6.07, 6.45) is 4.89. The van der Waals surface area contributed by atoms with Gasteiger partial charge in [-0.05, 0) is 61.4 Å². The number of nitrogens with two attached hydrogens (primary N) is 1. The summed E-state index contributed by atoms with van der Waals surface area (Å²) in [4.78, 5) is 0. The molecule has 3 rings (SSSR count). The highest BCUT2D eigenvalue weighted by Gasteiger charge is 2.14. The molecule has 2 aromatic carbocycles. The number of rotatable bonds is 4. The number of fused-ring (bicyclic) bond motifs is 1. The smallest absolute Gasteiger partial charge is 0.136 e. The van der Waals surface area contributed by atoms with Crippen molar-refractivity contribution in [2.45, 2.75) is 38.7 Å². The maximum atomic E-state index is 6.13. The zero-order valence-electron chi connectivity index (χ0n) is 12.6. The van der Waals surface area contributed by atoms with Gasteiger partial charge in [0.05, 0.1) is 0 Å². The molecular formula is C19H23NO. The van der Waals surface area contributed by atoms with Crippen LogP contribution in [0.5, 0.6) is 5.75 Å². The number of hydrogen-bond donors (Lipinski definition) is 1. The van der Waals surface area contributed by atoms with Gasteiger partial charge in [-0.15, -0.1) is 0 Å². The van der Waals surface area contributed by atoms with Crippen LogP contribution in [0.3, 0.4) is 0 Å². The Balaban J connectivity index is 1.79. The van der Waals surface area contributed by atoms with E-state index in [1.807, 2.05) is 0 Å². The van der Waals surface area contributed by atoms with E-state index in [1.54, 1.807) is 0 Å². The molecule has 0 fully saturated rings. The van der Waals surface area contributed by atoms with Crippen molar-refractivity contribution in [3.05, 3.63) is 64.7 Å². The lowest BCUT2D eigenvalue weighted by atomic mass is 9.92. The Labute approximate surface area is 126 Å². The summed E-state index contributed by atoms with van der Waals surface area (Å²) in [7, 11) is 0. The Morgan fingerprint density at radius 2 is 1.71 bits per heavy atom.